The van der Waals surface area contributed by atoms with Crippen LogP contribution in [0.15, 0.2) is 23.6 Å². The molecule has 29 heavy (non-hydrogen) atoms. The van der Waals surface area contributed by atoms with E-state index in [9.17, 15) is 35.8 Å². The summed E-state index contributed by atoms with van der Waals surface area (Å²) < 4.78 is 93.3. The van der Waals surface area contributed by atoms with Crippen molar-refractivity contribution in [2.45, 2.75) is 50.9 Å². The van der Waals surface area contributed by atoms with E-state index < -0.39 is 29.8 Å². The number of benzene rings is 1. The van der Waals surface area contributed by atoms with Crippen LogP contribution in [-0.4, -0.2) is 17.5 Å². The van der Waals surface area contributed by atoms with Gasteiger partial charge in [-0.25, -0.2) is 4.39 Å². The minimum Gasteiger partial charge on any atom is -0.391 e. The van der Waals surface area contributed by atoms with Crippen molar-refractivity contribution < 1.29 is 35.8 Å². The molecule has 0 spiro atoms. The van der Waals surface area contributed by atoms with Gasteiger partial charge in [-0.2, -0.15) is 26.3 Å². The Bertz CT molecular complexity index is 822. The molecule has 0 radical (unpaired) electrons. The minimum atomic E-state index is -6.19. The van der Waals surface area contributed by atoms with E-state index in [2.05, 4.69) is 5.32 Å². The number of aliphatic hydroxyl groups is 1. The lowest BCUT2D eigenvalue weighted by molar-refractivity contribution is -0.348. The number of hydrogen-bond donors (Lipinski definition) is 3. The molecule has 1 unspecified atom stereocenters. The molecule has 0 aliphatic heterocycles. The molecule has 0 aliphatic carbocycles. The van der Waals surface area contributed by atoms with Gasteiger partial charge in [-0.3, -0.25) is 0 Å². The number of alkyl halides is 7. The number of aryl methyl sites for hydroxylation is 2. The lowest BCUT2D eigenvalue weighted by Gasteiger charge is -2.32. The zero-order chi connectivity index (χ0) is 22.2. The summed E-state index contributed by atoms with van der Waals surface area (Å²) in [5, 5.41) is 15.0. The fourth-order valence-electron chi connectivity index (χ4n) is 2.93. The lowest BCUT2D eigenvalue weighted by atomic mass is 9.88. The second-order valence-corrected chi connectivity index (χ2v) is 7.30. The quantitative estimate of drug-likeness (QED) is 0.387. The number of rotatable bonds is 6. The molecule has 0 amide bonds. The second kappa shape index (κ2) is 8.02. The number of thiophene rings is 1. The number of nitrogen functional groups attached to an aromatic ring is 1. The number of aliphatic hydroxyl groups excluding tert-OH is 1. The molecule has 1 atom stereocenters. The molecule has 1 heterocycles. The van der Waals surface area contributed by atoms with Crippen LogP contribution in [0.2, 0.25) is 0 Å². The maximum atomic E-state index is 14.5. The molecule has 2 rings (SSSR count). The summed E-state index contributed by atoms with van der Waals surface area (Å²) >= 11 is 1.15. The fourth-order valence-corrected chi connectivity index (χ4v) is 3.60. The average Bonchev–Trinajstić information content (AvgIpc) is 3.05. The highest BCUT2D eigenvalue weighted by Crippen LogP contribution is 2.54. The van der Waals surface area contributed by atoms with Crippen LogP contribution in [-0.2, 0) is 18.5 Å². The van der Waals surface area contributed by atoms with Crippen LogP contribution in [0, 0.1) is 0 Å². The first-order chi connectivity index (χ1) is 13.3. The van der Waals surface area contributed by atoms with Crippen molar-refractivity contribution in [3.63, 3.8) is 0 Å². The van der Waals surface area contributed by atoms with Gasteiger partial charge in [-0.1, -0.05) is 13.8 Å². The molecule has 3 nitrogen and oxygen atoms in total. The van der Waals surface area contributed by atoms with E-state index in [1.807, 2.05) is 0 Å². The Morgan fingerprint density at radius 2 is 1.45 bits per heavy atom. The molecule has 1 aromatic heterocycles. The maximum absolute atomic E-state index is 14.5. The number of halogens is 7. The number of nitrogens with one attached hydrogen (secondary N) is 1. The van der Waals surface area contributed by atoms with Crippen LogP contribution in [0.5, 0.6) is 0 Å². The van der Waals surface area contributed by atoms with Crippen molar-refractivity contribution >= 4 is 22.0 Å². The summed E-state index contributed by atoms with van der Waals surface area (Å²) in [4.78, 5) is 0. The van der Waals surface area contributed by atoms with Crippen molar-refractivity contribution in [2.75, 3.05) is 11.1 Å². The topological polar surface area (TPSA) is 58.3 Å². The summed E-state index contributed by atoms with van der Waals surface area (Å²) in [6.45, 7) is 3.00. The summed E-state index contributed by atoms with van der Waals surface area (Å²) in [5.41, 5.74) is -0.889. The van der Waals surface area contributed by atoms with Gasteiger partial charge in [-0.15, -0.1) is 11.3 Å². The van der Waals surface area contributed by atoms with Crippen molar-refractivity contribution in [3.8, 4) is 0 Å². The predicted octanol–water partition coefficient (Wildman–Crippen LogP) is 5.85. The van der Waals surface area contributed by atoms with E-state index in [-0.39, 0.29) is 29.7 Å². The van der Waals surface area contributed by atoms with Crippen LogP contribution >= 0.6 is 11.3 Å². The molecule has 0 fully saturated rings. The Hall–Kier alpha value is -2.01. The zero-order valence-corrected chi connectivity index (χ0v) is 16.2. The molecule has 0 aliphatic rings. The highest BCUT2D eigenvalue weighted by atomic mass is 32.1. The second-order valence-electron chi connectivity index (χ2n) is 6.36. The van der Waals surface area contributed by atoms with Gasteiger partial charge >= 0.3 is 18.0 Å². The summed E-state index contributed by atoms with van der Waals surface area (Å²) in [6, 6.07) is 2.56. The molecule has 162 valence electrons. The Labute approximate surface area is 166 Å². The van der Waals surface area contributed by atoms with Crippen LogP contribution < -0.4 is 11.1 Å². The highest BCUT2D eigenvalue weighted by Gasteiger charge is 2.73. The predicted molar refractivity (Wildman–Crippen MR) is 97.4 cm³/mol. The van der Waals surface area contributed by atoms with Gasteiger partial charge in [0, 0.05) is 22.2 Å². The van der Waals surface area contributed by atoms with Gasteiger partial charge in [0.25, 0.3) is 0 Å². The molecule has 0 saturated carbocycles. The first-order valence-corrected chi connectivity index (χ1v) is 9.41. The van der Waals surface area contributed by atoms with E-state index in [1.54, 1.807) is 5.38 Å². The van der Waals surface area contributed by atoms with E-state index in [0.717, 1.165) is 11.3 Å². The van der Waals surface area contributed by atoms with Gasteiger partial charge in [0.05, 0.1) is 5.00 Å². The summed E-state index contributed by atoms with van der Waals surface area (Å²) in [7, 11) is 0. The van der Waals surface area contributed by atoms with Gasteiger partial charge in [-0.05, 0) is 42.2 Å². The monoisotopic (exact) mass is 444 g/mol. The van der Waals surface area contributed by atoms with Crippen LogP contribution in [0.1, 0.15) is 42.3 Å². The first kappa shape index (κ1) is 23.3. The Morgan fingerprint density at radius 1 is 0.966 bits per heavy atom. The van der Waals surface area contributed by atoms with Crippen LogP contribution in [0.25, 0.3) is 0 Å². The summed E-state index contributed by atoms with van der Waals surface area (Å²) in [6.07, 6.45) is -13.7. The Kier molecular flexibility index (Phi) is 6.43. The van der Waals surface area contributed by atoms with Crippen LogP contribution in [0.3, 0.4) is 0 Å². The van der Waals surface area contributed by atoms with Gasteiger partial charge in [0.1, 0.15) is 0 Å². The molecular formula is C18H19F7N2OS. The molecule has 0 bridgehead atoms. The van der Waals surface area contributed by atoms with Crippen LogP contribution in [0.4, 0.5) is 41.4 Å². The third kappa shape index (κ3) is 4.30. The largest absolute Gasteiger partial charge is 0.435 e. The van der Waals surface area contributed by atoms with Crippen molar-refractivity contribution in [1.29, 1.82) is 0 Å². The van der Waals surface area contributed by atoms with Gasteiger partial charge < -0.3 is 16.2 Å². The zero-order valence-electron chi connectivity index (χ0n) is 15.4. The van der Waals surface area contributed by atoms with E-state index in [0.29, 0.717) is 22.7 Å². The molecule has 1 aromatic carbocycles. The smallest absolute Gasteiger partial charge is 0.391 e. The molecule has 11 heteroatoms. The Morgan fingerprint density at radius 3 is 1.79 bits per heavy atom. The highest BCUT2D eigenvalue weighted by molar-refractivity contribution is 7.14. The average molecular weight is 444 g/mol. The van der Waals surface area contributed by atoms with E-state index in [4.69, 9.17) is 5.73 Å². The minimum absolute atomic E-state index is 0.00740. The molecule has 0 saturated heterocycles. The number of nitrogens with two attached hydrogens (primary N) is 1. The maximum Gasteiger partial charge on any atom is 0.435 e. The fraction of sp³-hybridized carbons (Fsp3) is 0.444. The summed E-state index contributed by atoms with van der Waals surface area (Å²) in [5.74, 6) is 0. The molecule has 4 N–H and O–H groups in total. The van der Waals surface area contributed by atoms with Crippen molar-refractivity contribution in [2.24, 2.45) is 0 Å². The van der Waals surface area contributed by atoms with E-state index >= 15 is 0 Å². The SMILES string of the molecule is CCc1cc(C(F)(C(F)(F)F)C(F)(F)F)cc(CC)c1NC(O)c1csc(N)c1. The van der Waals surface area contributed by atoms with Crippen molar-refractivity contribution in [1.82, 2.24) is 0 Å². The molecular weight excluding hydrogens is 425 g/mol. The van der Waals surface area contributed by atoms with Crippen molar-refractivity contribution in [3.05, 3.63) is 45.8 Å². The standard InChI is InChI=1S/C18H19F7N2OS/c1-3-9-5-12(16(19,17(20,21)22)18(23,24)25)6-10(4-2)14(9)27-15(28)11-7-13(26)29-8-11/h5-8,15,27-28H,3-4,26H2,1-2H3. The Balaban J connectivity index is 2.60. The van der Waals surface area contributed by atoms with Gasteiger partial charge in [0.2, 0.25) is 0 Å². The van der Waals surface area contributed by atoms with E-state index in [1.165, 1.54) is 19.9 Å². The van der Waals surface area contributed by atoms with Gasteiger partial charge in [0.15, 0.2) is 6.23 Å². The third-order valence-electron chi connectivity index (χ3n) is 4.48. The first-order valence-electron chi connectivity index (χ1n) is 8.53. The molecule has 2 aromatic rings. The third-order valence-corrected chi connectivity index (χ3v) is 5.26. The number of hydrogen-bond acceptors (Lipinski definition) is 4. The normalized spacial score (nSPS) is 14.1. The number of anilines is 2. The lowest BCUT2D eigenvalue weighted by Crippen LogP contribution is -2.50.